The molecule has 0 aliphatic carbocycles. The predicted molar refractivity (Wildman–Crippen MR) is 106 cm³/mol. The Hall–Kier alpha value is -2.23. The van der Waals surface area contributed by atoms with Gasteiger partial charge in [0.1, 0.15) is 0 Å². The van der Waals surface area contributed by atoms with Gasteiger partial charge in [0.2, 0.25) is 11.0 Å². The first-order valence-electron chi connectivity index (χ1n) is 7.75. The van der Waals surface area contributed by atoms with Gasteiger partial charge < -0.3 is 5.32 Å². The summed E-state index contributed by atoms with van der Waals surface area (Å²) < 4.78 is 0.807. The minimum Gasteiger partial charge on any atom is -0.351 e. The third-order valence-corrected chi connectivity index (χ3v) is 6.36. The number of hydrogen-bond donors (Lipinski definition) is 2. The van der Waals surface area contributed by atoms with Crippen molar-refractivity contribution in [2.45, 2.75) is 23.6 Å². The fourth-order valence-electron chi connectivity index (χ4n) is 2.00. The van der Waals surface area contributed by atoms with Crippen LogP contribution in [0.15, 0.2) is 46.8 Å². The van der Waals surface area contributed by atoms with E-state index in [1.807, 2.05) is 24.3 Å². The Morgan fingerprint density at radius 2 is 1.88 bits per heavy atom. The largest absolute Gasteiger partial charge is 0.351 e. The van der Waals surface area contributed by atoms with Crippen LogP contribution in [0, 0.1) is 0 Å². The highest BCUT2D eigenvalue weighted by molar-refractivity contribution is 8.00. The van der Waals surface area contributed by atoms with Crippen LogP contribution in [0.2, 0.25) is 0 Å². The molecule has 1 aromatic carbocycles. The summed E-state index contributed by atoms with van der Waals surface area (Å²) in [6, 6.07) is 13.7. The van der Waals surface area contributed by atoms with Crippen molar-refractivity contribution < 1.29 is 9.59 Å². The van der Waals surface area contributed by atoms with Crippen molar-refractivity contribution in [3.63, 3.8) is 0 Å². The Morgan fingerprint density at radius 1 is 1.08 bits per heavy atom. The van der Waals surface area contributed by atoms with Crippen molar-refractivity contribution in [2.75, 3.05) is 5.32 Å². The Morgan fingerprint density at radius 3 is 2.65 bits per heavy atom. The second-order valence-corrected chi connectivity index (χ2v) is 8.65. The van der Waals surface area contributed by atoms with E-state index < -0.39 is 0 Å². The molecule has 2 amide bonds. The first kappa shape index (κ1) is 18.6. The fraction of sp³-hybridized carbons (Fsp3) is 0.176. The van der Waals surface area contributed by atoms with Crippen LogP contribution in [-0.4, -0.2) is 22.0 Å². The van der Waals surface area contributed by atoms with Crippen molar-refractivity contribution in [1.82, 2.24) is 15.5 Å². The second kappa shape index (κ2) is 8.93. The number of nitrogens with one attached hydrogen (secondary N) is 2. The van der Waals surface area contributed by atoms with Gasteiger partial charge >= 0.3 is 0 Å². The lowest BCUT2D eigenvalue weighted by Gasteiger charge is -1.99. The average Bonchev–Trinajstić information content (AvgIpc) is 3.28. The molecule has 2 aromatic heterocycles. The molecule has 0 aliphatic heterocycles. The number of carbonyl (C=O) groups excluding carboxylic acids is 2. The van der Waals surface area contributed by atoms with Crippen LogP contribution in [0.1, 0.15) is 27.0 Å². The smallest absolute Gasteiger partial charge is 0.267 e. The maximum absolute atomic E-state index is 12.3. The first-order valence-corrected chi connectivity index (χ1v) is 10.4. The first-order chi connectivity index (χ1) is 12.6. The molecule has 6 nitrogen and oxygen atoms in total. The average molecular weight is 405 g/mol. The molecule has 2 N–H and O–H groups in total. The Kier molecular flexibility index (Phi) is 6.37. The van der Waals surface area contributed by atoms with Gasteiger partial charge in [0, 0.05) is 17.6 Å². The molecule has 3 rings (SSSR count). The third kappa shape index (κ3) is 5.38. The summed E-state index contributed by atoms with van der Waals surface area (Å²) in [6.45, 7) is 1.89. The van der Waals surface area contributed by atoms with Gasteiger partial charge in [-0.05, 0) is 17.7 Å². The van der Waals surface area contributed by atoms with Crippen LogP contribution < -0.4 is 10.6 Å². The molecule has 26 heavy (non-hydrogen) atoms. The van der Waals surface area contributed by atoms with Crippen LogP contribution in [0.25, 0.3) is 0 Å². The van der Waals surface area contributed by atoms with Gasteiger partial charge in [-0.15, -0.1) is 21.5 Å². The highest BCUT2D eigenvalue weighted by Crippen LogP contribution is 2.28. The van der Waals surface area contributed by atoms with Crippen molar-refractivity contribution in [1.29, 1.82) is 0 Å². The lowest BCUT2D eigenvalue weighted by atomic mass is 10.2. The van der Waals surface area contributed by atoms with E-state index in [2.05, 4.69) is 33.0 Å². The summed E-state index contributed by atoms with van der Waals surface area (Å²) in [5.74, 6) is 0.486. The van der Waals surface area contributed by atoms with Gasteiger partial charge in [-0.2, -0.15) is 0 Å². The number of rotatable bonds is 7. The normalized spacial score (nSPS) is 10.5. The van der Waals surface area contributed by atoms with E-state index in [1.165, 1.54) is 35.2 Å². The predicted octanol–water partition coefficient (Wildman–Crippen LogP) is 3.78. The van der Waals surface area contributed by atoms with E-state index in [9.17, 15) is 9.59 Å². The van der Waals surface area contributed by atoms with Crippen LogP contribution in [0.5, 0.6) is 0 Å². The number of thiophene rings is 1. The highest BCUT2D eigenvalue weighted by Gasteiger charge is 2.13. The molecule has 0 bridgehead atoms. The number of anilines is 1. The number of aromatic nitrogens is 2. The molecule has 0 saturated heterocycles. The van der Waals surface area contributed by atoms with Crippen molar-refractivity contribution >= 4 is 51.4 Å². The van der Waals surface area contributed by atoms with Crippen molar-refractivity contribution in [2.24, 2.45) is 0 Å². The van der Waals surface area contributed by atoms with E-state index in [0.717, 1.165) is 15.0 Å². The Labute approximate surface area is 163 Å². The van der Waals surface area contributed by atoms with E-state index >= 15 is 0 Å². The summed E-state index contributed by atoms with van der Waals surface area (Å²) in [6.07, 6.45) is 0. The molecule has 134 valence electrons. The topological polar surface area (TPSA) is 84.0 Å². The maximum atomic E-state index is 12.3. The van der Waals surface area contributed by atoms with Crippen molar-refractivity contribution in [3.05, 3.63) is 57.8 Å². The van der Waals surface area contributed by atoms with Crippen LogP contribution in [-0.2, 0) is 17.1 Å². The lowest BCUT2D eigenvalue weighted by Crippen LogP contribution is -2.18. The zero-order valence-corrected chi connectivity index (χ0v) is 16.3. The second-order valence-electron chi connectivity index (χ2n) is 5.28. The zero-order valence-electron chi connectivity index (χ0n) is 13.9. The maximum Gasteiger partial charge on any atom is 0.267 e. The minimum atomic E-state index is -0.222. The summed E-state index contributed by atoms with van der Waals surface area (Å²) in [5.41, 5.74) is 1.21. The number of carbonyl (C=O) groups is 2. The molecule has 0 spiro atoms. The number of amides is 2. The summed E-state index contributed by atoms with van der Waals surface area (Å²) in [4.78, 5) is 24.7. The van der Waals surface area contributed by atoms with Gasteiger partial charge in [0.15, 0.2) is 4.34 Å². The Bertz CT molecular complexity index is 892. The number of benzene rings is 1. The summed E-state index contributed by atoms with van der Waals surface area (Å²) in [5, 5.41) is 14.1. The Balaban J connectivity index is 1.53. The van der Waals surface area contributed by atoms with Crippen LogP contribution in [0.3, 0.4) is 0 Å². The molecular weight excluding hydrogens is 388 g/mol. The molecule has 3 aromatic rings. The molecule has 0 fully saturated rings. The van der Waals surface area contributed by atoms with E-state index in [4.69, 9.17) is 0 Å². The van der Waals surface area contributed by atoms with Crippen molar-refractivity contribution in [3.8, 4) is 0 Å². The molecule has 9 heteroatoms. The van der Waals surface area contributed by atoms with Gasteiger partial charge in [-0.3, -0.25) is 14.9 Å². The van der Waals surface area contributed by atoms with Crippen LogP contribution >= 0.6 is 34.4 Å². The molecule has 0 aliphatic rings. The molecule has 0 atom stereocenters. The molecule has 0 radical (unpaired) electrons. The lowest BCUT2D eigenvalue weighted by molar-refractivity contribution is -0.119. The zero-order chi connectivity index (χ0) is 18.4. The summed E-state index contributed by atoms with van der Waals surface area (Å²) >= 11 is 4.28. The van der Waals surface area contributed by atoms with E-state index in [0.29, 0.717) is 16.6 Å². The SMILES string of the molecule is CC(=O)NCc1ccc(C(=O)Nc2nnc(SCc3ccccc3)s2)s1. The number of thioether (sulfide) groups is 1. The number of nitrogens with zero attached hydrogens (tertiary/aromatic N) is 2. The van der Waals surface area contributed by atoms with Gasteiger partial charge in [0.25, 0.3) is 5.91 Å². The van der Waals surface area contributed by atoms with E-state index in [-0.39, 0.29) is 11.8 Å². The van der Waals surface area contributed by atoms with Gasteiger partial charge in [-0.25, -0.2) is 0 Å². The van der Waals surface area contributed by atoms with E-state index in [1.54, 1.807) is 17.8 Å². The summed E-state index contributed by atoms with van der Waals surface area (Å²) in [7, 11) is 0. The number of hydrogen-bond acceptors (Lipinski definition) is 7. The van der Waals surface area contributed by atoms with Gasteiger partial charge in [0.05, 0.1) is 11.4 Å². The standard InChI is InChI=1S/C17H16N4O2S3/c1-11(22)18-9-13-7-8-14(25-13)15(23)19-16-20-21-17(26-16)24-10-12-5-3-2-4-6-12/h2-8H,9-10H2,1H3,(H,18,22)(H,19,20,23). The van der Waals surface area contributed by atoms with Gasteiger partial charge in [-0.1, -0.05) is 53.4 Å². The molecule has 2 heterocycles. The van der Waals surface area contributed by atoms with Crippen LogP contribution in [0.4, 0.5) is 5.13 Å². The molecule has 0 unspecified atom stereocenters. The fourth-order valence-corrected chi connectivity index (χ4v) is 4.55. The quantitative estimate of drug-likeness (QED) is 0.462. The minimum absolute atomic E-state index is 0.0983. The highest BCUT2D eigenvalue weighted by atomic mass is 32.2. The third-order valence-electron chi connectivity index (χ3n) is 3.23. The monoisotopic (exact) mass is 404 g/mol. The molecular formula is C17H16N4O2S3. The molecule has 0 saturated carbocycles.